The summed E-state index contributed by atoms with van der Waals surface area (Å²) in [6.45, 7) is 11.9. The van der Waals surface area contributed by atoms with Gasteiger partial charge in [-0.3, -0.25) is 4.68 Å². The molecule has 142 valence electrons. The molecule has 1 aliphatic carbocycles. The molecule has 0 N–H and O–H groups in total. The van der Waals surface area contributed by atoms with Crippen LogP contribution >= 0.6 is 0 Å². The lowest BCUT2D eigenvalue weighted by atomic mass is 9.79. The molecule has 1 aromatic rings. The van der Waals surface area contributed by atoms with E-state index in [-0.39, 0.29) is 0 Å². The third-order valence-corrected chi connectivity index (χ3v) is 6.99. The fourth-order valence-electron chi connectivity index (χ4n) is 5.06. The highest BCUT2D eigenvalue weighted by Crippen LogP contribution is 2.34. The van der Waals surface area contributed by atoms with Gasteiger partial charge < -0.3 is 4.90 Å². The zero-order valence-electron chi connectivity index (χ0n) is 17.0. The van der Waals surface area contributed by atoms with Crippen LogP contribution in [0.15, 0.2) is 12.4 Å². The second-order valence-corrected chi connectivity index (χ2v) is 9.02. The lowest BCUT2D eigenvalue weighted by Crippen LogP contribution is -2.43. The number of hydrogen-bond donors (Lipinski definition) is 0. The molecule has 2 heterocycles. The third-order valence-electron chi connectivity index (χ3n) is 6.99. The first kappa shape index (κ1) is 18.9. The summed E-state index contributed by atoms with van der Waals surface area (Å²) in [5, 5.41) is 4.71. The monoisotopic (exact) mass is 345 g/mol. The van der Waals surface area contributed by atoms with Crippen LogP contribution in [-0.4, -0.2) is 33.8 Å². The highest BCUT2D eigenvalue weighted by atomic mass is 15.3. The average Bonchev–Trinajstić information content (AvgIpc) is 3.12. The fraction of sp³-hybridized carbons (Fsp3) is 0.864. The van der Waals surface area contributed by atoms with Gasteiger partial charge in [0.25, 0.3) is 0 Å². The van der Waals surface area contributed by atoms with Crippen LogP contribution in [0.5, 0.6) is 0 Å². The zero-order chi connectivity index (χ0) is 17.8. The molecule has 1 atom stereocenters. The minimum absolute atomic E-state index is 0.617. The summed E-state index contributed by atoms with van der Waals surface area (Å²) < 4.78 is 2.27. The summed E-state index contributed by atoms with van der Waals surface area (Å²) in [7, 11) is 0. The number of aromatic nitrogens is 2. The molecule has 2 aliphatic rings. The van der Waals surface area contributed by atoms with E-state index in [1.54, 1.807) is 0 Å². The van der Waals surface area contributed by atoms with Gasteiger partial charge in [-0.05, 0) is 68.3 Å². The Balaban J connectivity index is 1.48. The van der Waals surface area contributed by atoms with E-state index < -0.39 is 0 Å². The molecule has 1 unspecified atom stereocenters. The van der Waals surface area contributed by atoms with Crippen molar-refractivity contribution in [2.75, 3.05) is 13.1 Å². The molecular formula is C22H39N3. The van der Waals surface area contributed by atoms with Gasteiger partial charge in [0.2, 0.25) is 0 Å². The van der Waals surface area contributed by atoms with Gasteiger partial charge in [0.1, 0.15) is 0 Å². The van der Waals surface area contributed by atoms with Crippen molar-refractivity contribution in [3.8, 4) is 0 Å². The van der Waals surface area contributed by atoms with Crippen molar-refractivity contribution >= 4 is 0 Å². The van der Waals surface area contributed by atoms with E-state index in [0.29, 0.717) is 12.0 Å². The summed E-state index contributed by atoms with van der Waals surface area (Å²) in [4.78, 5) is 2.79. The van der Waals surface area contributed by atoms with Gasteiger partial charge in [-0.15, -0.1) is 0 Å². The van der Waals surface area contributed by atoms with Crippen LogP contribution in [0, 0.1) is 11.8 Å². The lowest BCUT2D eigenvalue weighted by molar-refractivity contribution is 0.0864. The standard InChI is InChI=1S/C22H39N3/c1-5-6-18(4)20-15-23-25(16-20)22-11-13-24(14-12-22)21-9-7-19(8-10-21)17(2)3/h15-19,21-22H,5-14H2,1-4H3. The molecule has 0 radical (unpaired) electrons. The van der Waals surface area contributed by atoms with Crippen LogP contribution in [-0.2, 0) is 0 Å². The fourth-order valence-corrected chi connectivity index (χ4v) is 5.06. The van der Waals surface area contributed by atoms with Gasteiger partial charge in [-0.1, -0.05) is 34.1 Å². The van der Waals surface area contributed by atoms with Crippen LogP contribution in [0.4, 0.5) is 0 Å². The van der Waals surface area contributed by atoms with E-state index in [4.69, 9.17) is 5.10 Å². The maximum Gasteiger partial charge on any atom is 0.0543 e. The Hall–Kier alpha value is -0.830. The number of rotatable bonds is 6. The first-order valence-electron chi connectivity index (χ1n) is 10.9. The highest BCUT2D eigenvalue weighted by Gasteiger charge is 2.30. The van der Waals surface area contributed by atoms with Crippen LogP contribution < -0.4 is 0 Å². The third kappa shape index (κ3) is 4.67. The zero-order valence-corrected chi connectivity index (χ0v) is 17.0. The van der Waals surface area contributed by atoms with Gasteiger partial charge in [0.15, 0.2) is 0 Å². The van der Waals surface area contributed by atoms with Crippen molar-refractivity contribution < 1.29 is 0 Å². The Bertz CT molecular complexity index is 505. The molecule has 0 amide bonds. The quantitative estimate of drug-likeness (QED) is 0.665. The first-order chi connectivity index (χ1) is 12.1. The Morgan fingerprint density at radius 1 is 1.00 bits per heavy atom. The molecule has 1 aliphatic heterocycles. The molecule has 0 aromatic carbocycles. The van der Waals surface area contributed by atoms with Crippen molar-refractivity contribution in [2.24, 2.45) is 11.8 Å². The first-order valence-corrected chi connectivity index (χ1v) is 10.9. The van der Waals surface area contributed by atoms with Crippen molar-refractivity contribution in [2.45, 2.75) is 97.1 Å². The van der Waals surface area contributed by atoms with Crippen LogP contribution in [0.1, 0.15) is 96.6 Å². The van der Waals surface area contributed by atoms with E-state index in [2.05, 4.69) is 49.7 Å². The lowest BCUT2D eigenvalue weighted by Gasteiger charge is -2.41. The van der Waals surface area contributed by atoms with E-state index in [1.165, 1.54) is 70.0 Å². The highest BCUT2D eigenvalue weighted by molar-refractivity contribution is 5.10. The van der Waals surface area contributed by atoms with E-state index in [9.17, 15) is 0 Å². The van der Waals surface area contributed by atoms with E-state index in [1.807, 2.05) is 0 Å². The molecule has 0 bridgehead atoms. The van der Waals surface area contributed by atoms with Crippen molar-refractivity contribution in [3.63, 3.8) is 0 Å². The minimum Gasteiger partial charge on any atom is -0.300 e. The number of likely N-dealkylation sites (tertiary alicyclic amines) is 1. The van der Waals surface area contributed by atoms with Gasteiger partial charge in [-0.25, -0.2) is 0 Å². The van der Waals surface area contributed by atoms with Crippen molar-refractivity contribution in [1.29, 1.82) is 0 Å². The predicted octanol–water partition coefficient (Wildman–Crippen LogP) is 5.64. The van der Waals surface area contributed by atoms with Gasteiger partial charge in [0.05, 0.1) is 12.2 Å². The largest absolute Gasteiger partial charge is 0.300 e. The second kappa shape index (κ2) is 8.70. The summed E-state index contributed by atoms with van der Waals surface area (Å²) in [5.41, 5.74) is 1.43. The van der Waals surface area contributed by atoms with Gasteiger partial charge in [0, 0.05) is 25.3 Å². The van der Waals surface area contributed by atoms with Crippen LogP contribution in [0.25, 0.3) is 0 Å². The molecule has 2 fully saturated rings. The Labute approximate surface area is 155 Å². The number of nitrogens with zero attached hydrogens (tertiary/aromatic N) is 3. The van der Waals surface area contributed by atoms with E-state index >= 15 is 0 Å². The van der Waals surface area contributed by atoms with Gasteiger partial charge >= 0.3 is 0 Å². The molecule has 3 rings (SSSR count). The maximum absolute atomic E-state index is 4.71. The minimum atomic E-state index is 0.617. The topological polar surface area (TPSA) is 21.1 Å². The summed E-state index contributed by atoms with van der Waals surface area (Å²) in [5.74, 6) is 2.49. The molecule has 1 saturated carbocycles. The molecule has 3 nitrogen and oxygen atoms in total. The normalized spacial score (nSPS) is 27.7. The Kier molecular flexibility index (Phi) is 6.60. The second-order valence-electron chi connectivity index (χ2n) is 9.02. The molecule has 1 saturated heterocycles. The molecule has 0 spiro atoms. The number of hydrogen-bond acceptors (Lipinski definition) is 2. The number of piperidine rings is 1. The van der Waals surface area contributed by atoms with Crippen molar-refractivity contribution in [3.05, 3.63) is 18.0 Å². The van der Waals surface area contributed by atoms with Crippen LogP contribution in [0.3, 0.4) is 0 Å². The Morgan fingerprint density at radius 3 is 2.28 bits per heavy atom. The SMILES string of the molecule is CCCC(C)c1cnn(C2CCN(C3CCC(C(C)C)CC3)CC2)c1. The molecule has 3 heteroatoms. The van der Waals surface area contributed by atoms with Gasteiger partial charge in [-0.2, -0.15) is 5.10 Å². The summed E-state index contributed by atoms with van der Waals surface area (Å²) >= 11 is 0. The summed E-state index contributed by atoms with van der Waals surface area (Å²) in [6.07, 6.45) is 15.2. The maximum atomic E-state index is 4.71. The smallest absolute Gasteiger partial charge is 0.0543 e. The average molecular weight is 346 g/mol. The van der Waals surface area contributed by atoms with Crippen LogP contribution in [0.2, 0.25) is 0 Å². The Morgan fingerprint density at radius 2 is 1.68 bits per heavy atom. The van der Waals surface area contributed by atoms with E-state index in [0.717, 1.165) is 17.9 Å². The van der Waals surface area contributed by atoms with Crippen molar-refractivity contribution in [1.82, 2.24) is 14.7 Å². The summed E-state index contributed by atoms with van der Waals surface area (Å²) in [6, 6.07) is 1.47. The predicted molar refractivity (Wildman–Crippen MR) is 106 cm³/mol. The molecule has 25 heavy (non-hydrogen) atoms. The molecule has 1 aromatic heterocycles. The molecular weight excluding hydrogens is 306 g/mol.